The summed E-state index contributed by atoms with van der Waals surface area (Å²) in [5.74, 6) is 0.704. The third-order valence-electron chi connectivity index (χ3n) is 5.26. The Morgan fingerprint density at radius 2 is 1.76 bits per heavy atom. The molecule has 0 saturated heterocycles. The fourth-order valence-corrected chi connectivity index (χ4v) is 3.88. The molecule has 168 valence electrons. The monoisotopic (exact) mass is 479 g/mol. The number of carbonyl (C=O) groups excluding carboxylic acids is 1. The average molecular weight is 480 g/mol. The molecule has 3 aromatic carbocycles. The molecule has 0 aliphatic heterocycles. The molecule has 1 heterocycles. The number of methoxy groups -OCH3 is 1. The van der Waals surface area contributed by atoms with E-state index < -0.39 is 0 Å². The average Bonchev–Trinajstić information content (AvgIpc) is 3.28. The van der Waals surface area contributed by atoms with Gasteiger partial charge in [-0.15, -0.1) is 0 Å². The summed E-state index contributed by atoms with van der Waals surface area (Å²) in [4.78, 5) is 12.5. The number of benzene rings is 3. The summed E-state index contributed by atoms with van der Waals surface area (Å²) in [5, 5.41) is 8.63. The number of nitrogens with one attached hydrogen (secondary N) is 1. The van der Waals surface area contributed by atoms with Crippen LogP contribution in [-0.4, -0.2) is 22.8 Å². The van der Waals surface area contributed by atoms with Crippen molar-refractivity contribution in [1.82, 2.24) is 15.1 Å². The van der Waals surface area contributed by atoms with E-state index in [-0.39, 0.29) is 5.91 Å². The number of nitrogens with zero attached hydrogens (tertiary/aromatic N) is 2. The zero-order valence-electron chi connectivity index (χ0n) is 18.1. The smallest absolute Gasteiger partial charge is 0.220 e. The van der Waals surface area contributed by atoms with Crippen molar-refractivity contribution in [1.29, 1.82) is 0 Å². The van der Waals surface area contributed by atoms with Gasteiger partial charge in [-0.2, -0.15) is 5.10 Å². The van der Waals surface area contributed by atoms with E-state index in [9.17, 15) is 4.79 Å². The van der Waals surface area contributed by atoms with Crippen LogP contribution in [0.25, 0.3) is 16.9 Å². The second-order valence-electron chi connectivity index (χ2n) is 7.49. The Balaban J connectivity index is 1.49. The SMILES string of the molecule is COc1ccc(-n2nc(CCC(=O)NCc3cccc(Cl)c3Cl)cc2-c2ccccc2)cc1. The van der Waals surface area contributed by atoms with E-state index in [4.69, 9.17) is 33.0 Å². The van der Waals surface area contributed by atoms with E-state index in [1.165, 1.54) is 0 Å². The topological polar surface area (TPSA) is 56.2 Å². The summed E-state index contributed by atoms with van der Waals surface area (Å²) in [6.07, 6.45) is 0.824. The maximum atomic E-state index is 12.5. The number of hydrogen-bond donors (Lipinski definition) is 1. The highest BCUT2D eigenvalue weighted by Gasteiger charge is 2.13. The highest BCUT2D eigenvalue weighted by atomic mass is 35.5. The maximum Gasteiger partial charge on any atom is 0.220 e. The van der Waals surface area contributed by atoms with Gasteiger partial charge in [-0.25, -0.2) is 4.68 Å². The minimum absolute atomic E-state index is 0.0775. The van der Waals surface area contributed by atoms with Gasteiger partial charge in [-0.3, -0.25) is 4.79 Å². The normalized spacial score (nSPS) is 10.8. The van der Waals surface area contributed by atoms with Crippen molar-refractivity contribution in [3.63, 3.8) is 0 Å². The Labute approximate surface area is 202 Å². The first-order chi connectivity index (χ1) is 16.0. The van der Waals surface area contributed by atoms with Crippen LogP contribution in [0.3, 0.4) is 0 Å². The van der Waals surface area contributed by atoms with Crippen molar-refractivity contribution in [2.24, 2.45) is 0 Å². The minimum atomic E-state index is -0.0775. The molecule has 0 radical (unpaired) electrons. The van der Waals surface area contributed by atoms with Gasteiger partial charge in [0.25, 0.3) is 0 Å². The molecular formula is C26H23Cl2N3O2. The lowest BCUT2D eigenvalue weighted by molar-refractivity contribution is -0.121. The van der Waals surface area contributed by atoms with Gasteiger partial charge < -0.3 is 10.1 Å². The van der Waals surface area contributed by atoms with E-state index in [1.807, 2.05) is 77.5 Å². The quantitative estimate of drug-likeness (QED) is 0.331. The molecular weight excluding hydrogens is 457 g/mol. The van der Waals surface area contributed by atoms with E-state index in [1.54, 1.807) is 13.2 Å². The van der Waals surface area contributed by atoms with Crippen LogP contribution in [0.4, 0.5) is 0 Å². The van der Waals surface area contributed by atoms with Crippen LogP contribution in [0, 0.1) is 0 Å². The molecule has 0 aliphatic carbocycles. The van der Waals surface area contributed by atoms with Gasteiger partial charge in [-0.1, -0.05) is 65.7 Å². The van der Waals surface area contributed by atoms with Crippen LogP contribution >= 0.6 is 23.2 Å². The van der Waals surface area contributed by atoms with E-state index in [0.29, 0.717) is 29.4 Å². The summed E-state index contributed by atoms with van der Waals surface area (Å²) >= 11 is 12.2. The molecule has 5 nitrogen and oxygen atoms in total. The van der Waals surface area contributed by atoms with Crippen LogP contribution in [0.5, 0.6) is 5.75 Å². The van der Waals surface area contributed by atoms with Gasteiger partial charge in [-0.05, 0) is 42.0 Å². The molecule has 1 amide bonds. The highest BCUT2D eigenvalue weighted by molar-refractivity contribution is 6.42. The molecule has 4 rings (SSSR count). The van der Waals surface area contributed by atoms with Gasteiger partial charge in [0.05, 0.1) is 34.2 Å². The first kappa shape index (κ1) is 22.9. The Morgan fingerprint density at radius 3 is 2.48 bits per heavy atom. The zero-order chi connectivity index (χ0) is 23.2. The van der Waals surface area contributed by atoms with Gasteiger partial charge in [0.1, 0.15) is 5.75 Å². The lowest BCUT2D eigenvalue weighted by Gasteiger charge is -2.08. The minimum Gasteiger partial charge on any atom is -0.497 e. The van der Waals surface area contributed by atoms with Crippen molar-refractivity contribution in [3.05, 3.63) is 100 Å². The van der Waals surface area contributed by atoms with Crippen LogP contribution in [-0.2, 0) is 17.8 Å². The zero-order valence-corrected chi connectivity index (χ0v) is 19.6. The summed E-state index contributed by atoms with van der Waals surface area (Å²) in [6.45, 7) is 0.327. The number of carbonyl (C=O) groups is 1. The van der Waals surface area contributed by atoms with Crippen molar-refractivity contribution in [2.75, 3.05) is 7.11 Å². The van der Waals surface area contributed by atoms with E-state index >= 15 is 0 Å². The number of rotatable bonds is 8. The number of aryl methyl sites for hydroxylation is 1. The third kappa shape index (κ3) is 5.56. The number of hydrogen-bond acceptors (Lipinski definition) is 3. The first-order valence-corrected chi connectivity index (χ1v) is 11.3. The highest BCUT2D eigenvalue weighted by Crippen LogP contribution is 2.26. The van der Waals surface area contributed by atoms with Gasteiger partial charge >= 0.3 is 0 Å². The van der Waals surface area contributed by atoms with E-state index in [2.05, 4.69) is 5.32 Å². The second kappa shape index (κ2) is 10.6. The summed E-state index contributed by atoms with van der Waals surface area (Å²) in [7, 11) is 1.64. The van der Waals surface area contributed by atoms with Gasteiger partial charge in [0.15, 0.2) is 0 Å². The van der Waals surface area contributed by atoms with Crippen LogP contribution in [0.2, 0.25) is 10.0 Å². The molecule has 0 unspecified atom stereocenters. The molecule has 1 aromatic heterocycles. The largest absolute Gasteiger partial charge is 0.497 e. The Kier molecular flexibility index (Phi) is 7.33. The number of ether oxygens (including phenoxy) is 1. The Hall–Kier alpha value is -3.28. The molecule has 0 aliphatic rings. The molecule has 0 bridgehead atoms. The van der Waals surface area contributed by atoms with E-state index in [0.717, 1.165) is 34.0 Å². The number of aromatic nitrogens is 2. The van der Waals surface area contributed by atoms with Crippen molar-refractivity contribution < 1.29 is 9.53 Å². The standard InChI is InChI=1S/C26H23Cl2N3O2/c1-33-22-13-11-21(12-14-22)31-24(18-6-3-2-4-7-18)16-20(30-31)10-15-25(32)29-17-19-8-5-9-23(27)26(19)28/h2-9,11-14,16H,10,15,17H2,1H3,(H,29,32). The lowest BCUT2D eigenvalue weighted by atomic mass is 10.1. The van der Waals surface area contributed by atoms with Crippen LogP contribution in [0.15, 0.2) is 78.9 Å². The molecule has 0 saturated carbocycles. The van der Waals surface area contributed by atoms with Crippen molar-refractivity contribution in [3.8, 4) is 22.7 Å². The van der Waals surface area contributed by atoms with Crippen molar-refractivity contribution in [2.45, 2.75) is 19.4 Å². The summed E-state index contributed by atoms with van der Waals surface area (Å²) < 4.78 is 7.17. The lowest BCUT2D eigenvalue weighted by Crippen LogP contribution is -2.23. The van der Waals surface area contributed by atoms with Gasteiger partial charge in [0, 0.05) is 24.9 Å². The van der Waals surface area contributed by atoms with Gasteiger partial charge in [0.2, 0.25) is 5.91 Å². The first-order valence-electron chi connectivity index (χ1n) is 10.5. The molecule has 0 atom stereocenters. The summed E-state index contributed by atoms with van der Waals surface area (Å²) in [6, 6.07) is 25.2. The number of amides is 1. The molecule has 4 aromatic rings. The Morgan fingerprint density at radius 1 is 1.00 bits per heavy atom. The molecule has 7 heteroatoms. The second-order valence-corrected chi connectivity index (χ2v) is 8.27. The van der Waals surface area contributed by atoms with Crippen molar-refractivity contribution >= 4 is 29.1 Å². The molecule has 1 N–H and O–H groups in total. The van der Waals surface area contributed by atoms with Crippen LogP contribution in [0.1, 0.15) is 17.7 Å². The Bertz CT molecular complexity index is 1240. The number of halogens is 2. The van der Waals surface area contributed by atoms with Crippen LogP contribution < -0.4 is 10.1 Å². The maximum absolute atomic E-state index is 12.5. The molecule has 0 spiro atoms. The predicted molar refractivity (Wildman–Crippen MR) is 132 cm³/mol. The molecule has 33 heavy (non-hydrogen) atoms. The molecule has 0 fully saturated rings. The fourth-order valence-electron chi connectivity index (χ4n) is 3.50. The third-order valence-corrected chi connectivity index (χ3v) is 6.12. The summed E-state index contributed by atoms with van der Waals surface area (Å²) in [5.41, 5.74) is 4.54. The predicted octanol–water partition coefficient (Wildman–Crippen LogP) is 6.10. The fraction of sp³-hybridized carbons (Fsp3) is 0.154.